The van der Waals surface area contributed by atoms with Gasteiger partial charge in [-0.2, -0.15) is 0 Å². The molecule has 424 valence electrons. The number of carbonyl (C=O) groups excluding carboxylic acids is 4. The van der Waals surface area contributed by atoms with Crippen LogP contribution < -0.4 is 30.1 Å². The number of carboxylic acids is 2. The number of hydrogen-bond acceptors (Lipinski definition) is 16. The molecule has 5 unspecified atom stereocenters. The van der Waals surface area contributed by atoms with Gasteiger partial charge >= 0.3 is 11.9 Å². The molecular weight excluding hydrogens is 1120 g/mol. The molecule has 4 aliphatic heterocycles. The summed E-state index contributed by atoms with van der Waals surface area (Å²) in [5.41, 5.74) is 2.27. The number of hydrogen-bond donors (Lipinski definition) is 4. The van der Waals surface area contributed by atoms with Gasteiger partial charge in [0.2, 0.25) is 11.8 Å². The molecule has 6 heterocycles. The highest BCUT2D eigenvalue weighted by Gasteiger charge is 2.56. The van der Waals surface area contributed by atoms with E-state index in [9.17, 15) is 48.6 Å². The van der Waals surface area contributed by atoms with Crippen LogP contribution in [0.25, 0.3) is 44.6 Å². The van der Waals surface area contributed by atoms with Gasteiger partial charge in [0.05, 0.1) is 55.5 Å². The number of rotatable bonds is 20. The molecular formula is C62H50N6O14S2. The van der Waals surface area contributed by atoms with Crippen LogP contribution in [0, 0.1) is 11.8 Å². The van der Waals surface area contributed by atoms with E-state index in [-0.39, 0.29) is 67.7 Å². The minimum atomic E-state index is -1.24. The predicted molar refractivity (Wildman–Crippen MR) is 312 cm³/mol. The third kappa shape index (κ3) is 11.8. The molecule has 5 atom stereocenters. The van der Waals surface area contributed by atoms with E-state index in [1.165, 1.54) is 33.3 Å². The summed E-state index contributed by atoms with van der Waals surface area (Å²) in [6.07, 6.45) is -0.0565. The van der Waals surface area contributed by atoms with Gasteiger partial charge < -0.3 is 44.0 Å². The van der Waals surface area contributed by atoms with Gasteiger partial charge in [-0.05, 0) is 78.2 Å². The largest absolute Gasteiger partial charge is 0.488 e. The molecule has 2 fully saturated rings. The minimum absolute atomic E-state index is 0.0249. The Bertz CT molecular complexity index is 4020. The summed E-state index contributed by atoms with van der Waals surface area (Å²) in [4.78, 5) is 118. The number of para-hydroxylation sites is 6. The summed E-state index contributed by atoms with van der Waals surface area (Å²) >= 11 is 2.70. The van der Waals surface area contributed by atoms with Crippen molar-refractivity contribution in [3.63, 3.8) is 0 Å². The summed E-state index contributed by atoms with van der Waals surface area (Å²) in [7, 11) is 0. The zero-order valence-electron chi connectivity index (χ0n) is 44.3. The number of H-pyrrole nitrogens is 2. The summed E-state index contributed by atoms with van der Waals surface area (Å²) < 4.78 is 23.1. The van der Waals surface area contributed by atoms with Gasteiger partial charge in [-0.25, -0.2) is 19.6 Å². The first-order valence-corrected chi connectivity index (χ1v) is 28.4. The van der Waals surface area contributed by atoms with Crippen molar-refractivity contribution >= 4 is 80.6 Å². The lowest BCUT2D eigenvalue weighted by molar-refractivity contribution is -0.163. The van der Waals surface area contributed by atoms with Crippen LogP contribution in [0.4, 0.5) is 0 Å². The number of β-lactam (4-membered cyclic amide) rings is 2. The van der Waals surface area contributed by atoms with E-state index in [0.29, 0.717) is 84.5 Å². The SMILES string of the molecule is O=C(COc1ccccc1)CC1C(=O)N2C(C(=O)O)=C(COc3ccccc3-c3nc4ccccc4c(=O)[nH]3)CSC12.O=C(COc1ccccc1)CC1C(=O)N2C(C(=O)O)C(COc3ccccc3-c3nc4ccccc4c(=O)[nH]3)=CSC12. The number of carboxylic acid groups (broad SMARTS) is 2. The number of amides is 2. The number of aliphatic carboxylic acids is 2. The Kier molecular flexibility index (Phi) is 16.5. The van der Waals surface area contributed by atoms with Crippen LogP contribution in [0.1, 0.15) is 12.8 Å². The quantitative estimate of drug-likeness (QED) is 0.0531. The Morgan fingerprint density at radius 2 is 1.04 bits per heavy atom. The molecule has 0 aliphatic carbocycles. The van der Waals surface area contributed by atoms with E-state index in [1.54, 1.807) is 151 Å². The van der Waals surface area contributed by atoms with E-state index in [1.807, 2.05) is 12.1 Å². The Balaban J connectivity index is 0.000000175. The Morgan fingerprint density at radius 3 is 1.56 bits per heavy atom. The highest BCUT2D eigenvalue weighted by Crippen LogP contribution is 2.47. The molecule has 2 saturated heterocycles. The molecule has 2 amide bonds. The fraction of sp³-hybridized carbons (Fsp3) is 0.194. The molecule has 0 bridgehead atoms. The maximum atomic E-state index is 13.1. The van der Waals surface area contributed by atoms with Crippen LogP contribution >= 0.6 is 23.5 Å². The topological polar surface area (TPSA) is 278 Å². The second-order valence-electron chi connectivity index (χ2n) is 19.7. The van der Waals surface area contributed by atoms with Crippen LogP contribution in [0.15, 0.2) is 190 Å². The average Bonchev–Trinajstić information content (AvgIpc) is 1.89. The first-order valence-electron chi connectivity index (χ1n) is 26.4. The standard InChI is InChI=1S/2C31H25N3O7S/c2*35-19(16-40-20-8-2-1-3-9-20)14-23-29(37)34-26(31(38)39)18(17-42-30(23)34)15-41-25-13-7-5-11-22(25)27-32-24-12-6-4-10-21(24)28(36)33-27/h1-13,23,30H,14-17H2,(H,38,39)(H,32,33,36);1-13,17,23,26,30H,14-16H2,(H,38,39)(H,32,33,36). The number of thioether (sulfide) groups is 2. The van der Waals surface area contributed by atoms with Gasteiger partial charge in [-0.15, -0.1) is 23.5 Å². The monoisotopic (exact) mass is 1170 g/mol. The van der Waals surface area contributed by atoms with Crippen molar-refractivity contribution in [2.24, 2.45) is 11.8 Å². The Labute approximate surface area is 486 Å². The molecule has 0 spiro atoms. The molecule has 4 aliphatic rings. The second kappa shape index (κ2) is 24.7. The van der Waals surface area contributed by atoms with Crippen molar-refractivity contribution in [2.45, 2.75) is 29.6 Å². The van der Waals surface area contributed by atoms with Crippen molar-refractivity contribution in [3.05, 3.63) is 201 Å². The number of benzene rings is 6. The normalized spacial score (nSPS) is 18.7. The van der Waals surface area contributed by atoms with Crippen LogP contribution in [0.2, 0.25) is 0 Å². The molecule has 84 heavy (non-hydrogen) atoms. The molecule has 0 radical (unpaired) electrons. The van der Waals surface area contributed by atoms with Crippen molar-refractivity contribution < 1.29 is 57.9 Å². The fourth-order valence-electron chi connectivity index (χ4n) is 10.2. The van der Waals surface area contributed by atoms with Crippen LogP contribution in [-0.4, -0.2) is 124 Å². The average molecular weight is 1170 g/mol. The molecule has 6 aromatic carbocycles. The van der Waals surface area contributed by atoms with Gasteiger partial charge in [0.1, 0.15) is 66.8 Å². The molecule has 22 heteroatoms. The van der Waals surface area contributed by atoms with Gasteiger partial charge in [-0.3, -0.25) is 33.7 Å². The second-order valence-corrected chi connectivity index (χ2v) is 21.8. The number of nitrogens with one attached hydrogen (secondary N) is 2. The number of aromatic nitrogens is 4. The third-order valence-electron chi connectivity index (χ3n) is 14.3. The lowest BCUT2D eigenvalue weighted by atomic mass is 9.89. The maximum absolute atomic E-state index is 13.1. The third-order valence-corrected chi connectivity index (χ3v) is 16.9. The molecule has 4 N–H and O–H groups in total. The predicted octanol–water partition coefficient (Wildman–Crippen LogP) is 7.75. The van der Waals surface area contributed by atoms with E-state index in [0.717, 1.165) is 0 Å². The molecule has 20 nitrogen and oxygen atoms in total. The van der Waals surface area contributed by atoms with Crippen molar-refractivity contribution in [2.75, 3.05) is 32.2 Å². The number of fused-ring (bicyclic) bond motifs is 4. The summed E-state index contributed by atoms with van der Waals surface area (Å²) in [5, 5.41) is 21.8. The van der Waals surface area contributed by atoms with Gasteiger partial charge in [0.15, 0.2) is 17.6 Å². The summed E-state index contributed by atoms with van der Waals surface area (Å²) in [6.45, 7) is -0.528. The lowest BCUT2D eigenvalue weighted by Gasteiger charge is -2.51. The van der Waals surface area contributed by atoms with E-state index < -0.39 is 52.4 Å². The number of ether oxygens (including phenoxy) is 4. The number of carbonyl (C=O) groups is 6. The molecule has 8 aromatic rings. The van der Waals surface area contributed by atoms with E-state index in [4.69, 9.17) is 18.9 Å². The molecule has 0 saturated carbocycles. The highest BCUT2D eigenvalue weighted by molar-refractivity contribution is 8.02. The Hall–Kier alpha value is -9.80. The van der Waals surface area contributed by atoms with E-state index >= 15 is 0 Å². The van der Waals surface area contributed by atoms with Crippen molar-refractivity contribution in [1.82, 2.24) is 29.7 Å². The van der Waals surface area contributed by atoms with Crippen LogP contribution in [0.3, 0.4) is 0 Å². The van der Waals surface area contributed by atoms with Gasteiger partial charge in [0, 0.05) is 29.7 Å². The molecule has 2 aromatic heterocycles. The van der Waals surface area contributed by atoms with Gasteiger partial charge in [0.25, 0.3) is 11.1 Å². The summed E-state index contributed by atoms with van der Waals surface area (Å²) in [6, 6.07) is 44.6. The zero-order chi connectivity index (χ0) is 58.4. The number of ketones is 2. The lowest BCUT2D eigenvalue weighted by Crippen LogP contribution is -2.67. The number of nitrogens with zero attached hydrogens (tertiary/aromatic N) is 4. The minimum Gasteiger partial charge on any atom is -0.488 e. The van der Waals surface area contributed by atoms with E-state index in [2.05, 4.69) is 19.9 Å². The highest BCUT2D eigenvalue weighted by atomic mass is 32.2. The van der Waals surface area contributed by atoms with Crippen LogP contribution in [-0.2, 0) is 28.8 Å². The first kappa shape index (κ1) is 56.1. The number of Topliss-reactive ketones (excluding diaryl/α,β-unsaturated/α-hetero) is 2. The first-order chi connectivity index (χ1) is 40.8. The van der Waals surface area contributed by atoms with Crippen LogP contribution in [0.5, 0.6) is 23.0 Å². The van der Waals surface area contributed by atoms with Gasteiger partial charge in [-0.1, -0.05) is 84.9 Å². The smallest absolute Gasteiger partial charge is 0.352 e. The molecule has 12 rings (SSSR count). The summed E-state index contributed by atoms with van der Waals surface area (Å²) in [5.74, 6) is -2.07. The fourth-order valence-corrected chi connectivity index (χ4v) is 12.9. The Morgan fingerprint density at radius 1 is 0.560 bits per heavy atom. The number of aromatic amines is 2. The van der Waals surface area contributed by atoms with Crippen molar-refractivity contribution in [1.29, 1.82) is 0 Å². The maximum Gasteiger partial charge on any atom is 0.352 e. The zero-order valence-corrected chi connectivity index (χ0v) is 46.0. The van der Waals surface area contributed by atoms with Crippen molar-refractivity contribution in [3.8, 4) is 45.8 Å².